The van der Waals surface area contributed by atoms with E-state index in [-0.39, 0.29) is 23.6 Å². The molecule has 6 nitrogen and oxygen atoms in total. The third kappa shape index (κ3) is 5.55. The van der Waals surface area contributed by atoms with Gasteiger partial charge in [0.2, 0.25) is 0 Å². The smallest absolute Gasteiger partial charge is 0.254 e. The second kappa shape index (κ2) is 10.5. The summed E-state index contributed by atoms with van der Waals surface area (Å²) in [6, 6.07) is 22.3. The molecule has 3 aromatic carbocycles. The van der Waals surface area contributed by atoms with E-state index in [2.05, 4.69) is 31.4 Å². The van der Waals surface area contributed by atoms with Crippen LogP contribution in [0.4, 0.5) is 4.39 Å². The van der Waals surface area contributed by atoms with E-state index in [0.717, 1.165) is 10.2 Å². The van der Waals surface area contributed by atoms with Crippen molar-refractivity contribution in [2.24, 2.45) is 0 Å². The van der Waals surface area contributed by atoms with Gasteiger partial charge in [-0.15, -0.1) is 10.2 Å². The third-order valence-electron chi connectivity index (χ3n) is 4.74. The molecule has 166 valence electrons. The average Bonchev–Trinajstić information content (AvgIpc) is 3.25. The summed E-state index contributed by atoms with van der Waals surface area (Å²) in [6.45, 7) is 0.0312. The molecule has 0 saturated heterocycles. The lowest BCUT2D eigenvalue weighted by Crippen LogP contribution is -2.25. The molecule has 0 unspecified atom stereocenters. The van der Waals surface area contributed by atoms with Crippen molar-refractivity contribution in [3.63, 3.8) is 0 Å². The number of amides is 1. The molecule has 1 aromatic heterocycles. The minimum atomic E-state index is -0.597. The molecule has 1 amide bonds. The van der Waals surface area contributed by atoms with Gasteiger partial charge in [-0.2, -0.15) is 0 Å². The maximum atomic E-state index is 13.9. The van der Waals surface area contributed by atoms with Crippen LogP contribution in [-0.2, 0) is 6.54 Å². The van der Waals surface area contributed by atoms with Crippen molar-refractivity contribution in [1.82, 2.24) is 20.1 Å². The first-order valence-corrected chi connectivity index (χ1v) is 11.7. The maximum absolute atomic E-state index is 13.9. The fourth-order valence-electron chi connectivity index (χ4n) is 3.10. The van der Waals surface area contributed by atoms with Crippen molar-refractivity contribution in [3.05, 3.63) is 106 Å². The Hall–Kier alpha value is -3.30. The molecule has 33 heavy (non-hydrogen) atoms. The second-order valence-electron chi connectivity index (χ2n) is 6.95. The van der Waals surface area contributed by atoms with Crippen LogP contribution in [0.2, 0.25) is 0 Å². The Bertz CT molecular complexity index is 1280. The number of rotatable bonds is 8. The van der Waals surface area contributed by atoms with E-state index < -0.39 is 11.7 Å². The molecular weight excluding hydrogens is 507 g/mol. The SMILES string of the molecule is O=C(CSc1nnc(CNC(=O)c2ccccc2F)n1-c1ccc(Br)cc1)c1ccccc1. The molecule has 4 rings (SSSR count). The van der Waals surface area contributed by atoms with E-state index in [1.54, 1.807) is 22.8 Å². The van der Waals surface area contributed by atoms with Crippen molar-refractivity contribution in [1.29, 1.82) is 0 Å². The summed E-state index contributed by atoms with van der Waals surface area (Å²) >= 11 is 4.68. The standard InChI is InChI=1S/C24H18BrFN4O2S/c25-17-10-12-18(13-11-17)30-22(14-27-23(32)19-8-4-5-9-20(19)26)28-29-24(30)33-15-21(31)16-6-2-1-3-7-16/h1-13H,14-15H2,(H,27,32). The molecule has 0 atom stereocenters. The molecule has 0 fully saturated rings. The van der Waals surface area contributed by atoms with Crippen LogP contribution in [0.1, 0.15) is 26.5 Å². The van der Waals surface area contributed by atoms with Gasteiger partial charge in [0.05, 0.1) is 17.9 Å². The minimum absolute atomic E-state index is 0.0274. The van der Waals surface area contributed by atoms with Crippen LogP contribution in [0.25, 0.3) is 5.69 Å². The number of ketones is 1. The van der Waals surface area contributed by atoms with Crippen LogP contribution in [0.3, 0.4) is 0 Å². The predicted molar refractivity (Wildman–Crippen MR) is 128 cm³/mol. The summed E-state index contributed by atoms with van der Waals surface area (Å²) in [4.78, 5) is 25.0. The number of hydrogen-bond donors (Lipinski definition) is 1. The summed E-state index contributed by atoms with van der Waals surface area (Å²) in [7, 11) is 0. The van der Waals surface area contributed by atoms with Crippen LogP contribution in [0.15, 0.2) is 88.5 Å². The summed E-state index contributed by atoms with van der Waals surface area (Å²) in [6.07, 6.45) is 0. The van der Waals surface area contributed by atoms with Crippen LogP contribution in [0, 0.1) is 5.82 Å². The van der Waals surface area contributed by atoms with Gasteiger partial charge in [0, 0.05) is 15.7 Å². The zero-order valence-corrected chi connectivity index (χ0v) is 19.6. The van der Waals surface area contributed by atoms with Gasteiger partial charge in [-0.3, -0.25) is 14.2 Å². The number of nitrogens with one attached hydrogen (secondary N) is 1. The van der Waals surface area contributed by atoms with Gasteiger partial charge in [-0.05, 0) is 36.4 Å². The largest absolute Gasteiger partial charge is 0.345 e. The van der Waals surface area contributed by atoms with Gasteiger partial charge >= 0.3 is 0 Å². The Morgan fingerprint density at radius 1 is 0.939 bits per heavy atom. The van der Waals surface area contributed by atoms with Gasteiger partial charge in [0.25, 0.3) is 5.91 Å². The first-order chi connectivity index (χ1) is 16.0. The summed E-state index contributed by atoms with van der Waals surface area (Å²) in [5.41, 5.74) is 1.35. The Labute approximate surface area is 202 Å². The van der Waals surface area contributed by atoms with Gasteiger partial charge in [-0.25, -0.2) is 4.39 Å². The van der Waals surface area contributed by atoms with Crippen LogP contribution < -0.4 is 5.32 Å². The van der Waals surface area contributed by atoms with E-state index >= 15 is 0 Å². The minimum Gasteiger partial charge on any atom is -0.345 e. The Balaban J connectivity index is 1.56. The van der Waals surface area contributed by atoms with Crippen molar-refractivity contribution < 1.29 is 14.0 Å². The fraction of sp³-hybridized carbons (Fsp3) is 0.0833. The van der Waals surface area contributed by atoms with Crippen molar-refractivity contribution in [2.45, 2.75) is 11.7 Å². The molecule has 0 radical (unpaired) electrons. The first kappa shape index (κ1) is 22.9. The number of Topliss-reactive ketones (excluding diaryl/α,β-unsaturated/α-hetero) is 1. The van der Waals surface area contributed by atoms with Crippen LogP contribution in [0.5, 0.6) is 0 Å². The predicted octanol–water partition coefficient (Wildman–Crippen LogP) is 5.07. The number of carbonyl (C=O) groups is 2. The fourth-order valence-corrected chi connectivity index (χ4v) is 4.22. The molecule has 9 heteroatoms. The highest BCUT2D eigenvalue weighted by molar-refractivity contribution is 9.10. The lowest BCUT2D eigenvalue weighted by molar-refractivity contribution is 0.0944. The zero-order chi connectivity index (χ0) is 23.2. The molecule has 0 saturated carbocycles. The quantitative estimate of drug-likeness (QED) is 0.257. The van der Waals surface area contributed by atoms with E-state index in [0.29, 0.717) is 16.5 Å². The molecular formula is C24H18BrFN4O2S. The lowest BCUT2D eigenvalue weighted by atomic mass is 10.2. The van der Waals surface area contributed by atoms with Gasteiger partial charge in [0.1, 0.15) is 5.82 Å². The van der Waals surface area contributed by atoms with E-state index in [4.69, 9.17) is 0 Å². The molecule has 4 aromatic rings. The third-order valence-corrected chi connectivity index (χ3v) is 6.20. The van der Waals surface area contributed by atoms with Crippen molar-refractivity contribution >= 4 is 39.4 Å². The topological polar surface area (TPSA) is 76.9 Å². The van der Waals surface area contributed by atoms with E-state index in [1.165, 1.54) is 30.0 Å². The van der Waals surface area contributed by atoms with E-state index in [1.807, 2.05) is 42.5 Å². The Kier molecular flexibility index (Phi) is 7.31. The van der Waals surface area contributed by atoms with Gasteiger partial charge in [0.15, 0.2) is 16.8 Å². The molecule has 1 heterocycles. The molecule has 1 N–H and O–H groups in total. The Morgan fingerprint density at radius 2 is 1.64 bits per heavy atom. The molecule has 0 aliphatic heterocycles. The summed E-state index contributed by atoms with van der Waals surface area (Å²) in [5.74, 6) is -0.538. The highest BCUT2D eigenvalue weighted by Gasteiger charge is 2.18. The lowest BCUT2D eigenvalue weighted by Gasteiger charge is -2.11. The summed E-state index contributed by atoms with van der Waals surface area (Å²) in [5, 5.41) is 11.7. The number of hydrogen-bond acceptors (Lipinski definition) is 5. The van der Waals surface area contributed by atoms with Crippen LogP contribution in [-0.4, -0.2) is 32.2 Å². The van der Waals surface area contributed by atoms with Crippen LogP contribution >= 0.6 is 27.7 Å². The number of benzene rings is 3. The molecule has 0 aliphatic rings. The summed E-state index contributed by atoms with van der Waals surface area (Å²) < 4.78 is 16.6. The molecule has 0 bridgehead atoms. The number of halogens is 2. The van der Waals surface area contributed by atoms with Gasteiger partial charge < -0.3 is 5.32 Å². The second-order valence-corrected chi connectivity index (χ2v) is 8.81. The number of nitrogens with zero attached hydrogens (tertiary/aromatic N) is 3. The Morgan fingerprint density at radius 3 is 2.36 bits per heavy atom. The van der Waals surface area contributed by atoms with Gasteiger partial charge in [-0.1, -0.05) is 70.2 Å². The highest BCUT2D eigenvalue weighted by atomic mass is 79.9. The average molecular weight is 525 g/mol. The number of aromatic nitrogens is 3. The number of carbonyl (C=O) groups excluding carboxylic acids is 2. The van der Waals surface area contributed by atoms with E-state index in [9.17, 15) is 14.0 Å². The normalized spacial score (nSPS) is 10.7. The first-order valence-electron chi connectivity index (χ1n) is 9.97. The zero-order valence-electron chi connectivity index (χ0n) is 17.2. The highest BCUT2D eigenvalue weighted by Crippen LogP contribution is 2.24. The monoisotopic (exact) mass is 524 g/mol. The van der Waals surface area contributed by atoms with Crippen molar-refractivity contribution in [3.8, 4) is 5.69 Å². The van der Waals surface area contributed by atoms with Crippen molar-refractivity contribution in [2.75, 3.05) is 5.75 Å². The molecule has 0 aliphatic carbocycles. The maximum Gasteiger partial charge on any atom is 0.254 e. The molecule has 0 spiro atoms. The number of thioether (sulfide) groups is 1.